The van der Waals surface area contributed by atoms with Crippen molar-refractivity contribution in [3.63, 3.8) is 0 Å². The molecule has 4 rings (SSSR count). The summed E-state index contributed by atoms with van der Waals surface area (Å²) in [4.78, 5) is 9.44. The summed E-state index contributed by atoms with van der Waals surface area (Å²) in [5, 5.41) is 0. The molecule has 0 atom stereocenters. The molecule has 0 saturated carbocycles. The molecular weight excluding hydrogens is 296 g/mol. The van der Waals surface area contributed by atoms with Crippen LogP contribution in [0.3, 0.4) is 0 Å². The van der Waals surface area contributed by atoms with E-state index in [0.717, 1.165) is 28.3 Å². The largest absolute Gasteiger partial charge is 0.463 e. The topological polar surface area (TPSA) is 38.9 Å². The lowest BCUT2D eigenvalue weighted by Crippen LogP contribution is -1.95. The molecule has 4 aromatic rings. The highest BCUT2D eigenvalue weighted by molar-refractivity contribution is 5.69. The van der Waals surface area contributed by atoms with Crippen LogP contribution < -0.4 is 0 Å². The lowest BCUT2D eigenvalue weighted by molar-refractivity contribution is 0.580. The van der Waals surface area contributed by atoms with E-state index in [9.17, 15) is 0 Å². The number of hydrogen-bond acceptors (Lipinski definition) is 3. The van der Waals surface area contributed by atoms with Gasteiger partial charge in [-0.15, -0.1) is 0 Å². The van der Waals surface area contributed by atoms with Crippen LogP contribution in [0.4, 0.5) is 0 Å². The summed E-state index contributed by atoms with van der Waals surface area (Å²) < 4.78 is 5.53. The Kier molecular flexibility index (Phi) is 3.67. The summed E-state index contributed by atoms with van der Waals surface area (Å²) in [5.74, 6) is 1.43. The average Bonchev–Trinajstić information content (AvgIpc) is 3.17. The minimum absolute atomic E-state index is 0.695. The van der Waals surface area contributed by atoms with Gasteiger partial charge < -0.3 is 4.42 Å². The van der Waals surface area contributed by atoms with Crippen molar-refractivity contribution >= 4 is 0 Å². The van der Waals surface area contributed by atoms with E-state index in [1.54, 1.807) is 6.26 Å². The van der Waals surface area contributed by atoms with Gasteiger partial charge in [0, 0.05) is 11.1 Å². The molecule has 0 bridgehead atoms. The smallest absolute Gasteiger partial charge is 0.160 e. The van der Waals surface area contributed by atoms with Gasteiger partial charge in [0.05, 0.1) is 12.0 Å². The first-order valence-electron chi connectivity index (χ1n) is 7.85. The SMILES string of the molecule is Cc1ccc(-c2cc(-c3ccco3)nc(-c3ccccc3)n2)cc1. The van der Waals surface area contributed by atoms with Crippen LogP contribution in [0.1, 0.15) is 5.56 Å². The minimum Gasteiger partial charge on any atom is -0.463 e. The van der Waals surface area contributed by atoms with Crippen LogP contribution in [0, 0.1) is 6.92 Å². The Bertz CT molecular complexity index is 943. The number of hydrogen-bond donors (Lipinski definition) is 0. The fourth-order valence-corrected chi connectivity index (χ4v) is 2.59. The fraction of sp³-hybridized carbons (Fsp3) is 0.0476. The molecule has 2 heterocycles. The summed E-state index contributed by atoms with van der Waals surface area (Å²) in [7, 11) is 0. The molecule has 0 radical (unpaired) electrons. The number of aromatic nitrogens is 2. The van der Waals surface area contributed by atoms with E-state index in [2.05, 4.69) is 36.2 Å². The van der Waals surface area contributed by atoms with E-state index in [1.807, 2.05) is 48.5 Å². The first-order chi connectivity index (χ1) is 11.8. The molecule has 3 nitrogen and oxygen atoms in total. The number of furan rings is 1. The second kappa shape index (κ2) is 6.13. The maximum atomic E-state index is 5.53. The second-order valence-electron chi connectivity index (χ2n) is 5.67. The zero-order valence-electron chi connectivity index (χ0n) is 13.3. The predicted molar refractivity (Wildman–Crippen MR) is 95.3 cm³/mol. The lowest BCUT2D eigenvalue weighted by atomic mass is 10.1. The van der Waals surface area contributed by atoms with Crippen LogP contribution in [-0.4, -0.2) is 9.97 Å². The number of benzene rings is 2. The van der Waals surface area contributed by atoms with Crippen LogP contribution in [0.15, 0.2) is 83.5 Å². The van der Waals surface area contributed by atoms with E-state index in [-0.39, 0.29) is 0 Å². The van der Waals surface area contributed by atoms with Crippen molar-refractivity contribution in [3.05, 3.63) is 84.6 Å². The Balaban J connectivity index is 1.90. The molecule has 3 heteroatoms. The number of aryl methyl sites for hydroxylation is 1. The van der Waals surface area contributed by atoms with Gasteiger partial charge in [0.15, 0.2) is 11.6 Å². The van der Waals surface area contributed by atoms with Gasteiger partial charge in [0.1, 0.15) is 5.69 Å². The Hall–Kier alpha value is -3.20. The zero-order valence-corrected chi connectivity index (χ0v) is 13.3. The lowest BCUT2D eigenvalue weighted by Gasteiger charge is -2.08. The van der Waals surface area contributed by atoms with Crippen molar-refractivity contribution in [1.29, 1.82) is 0 Å². The molecule has 2 aromatic heterocycles. The van der Waals surface area contributed by atoms with E-state index < -0.39 is 0 Å². The summed E-state index contributed by atoms with van der Waals surface area (Å²) in [5.41, 5.74) is 4.94. The van der Waals surface area contributed by atoms with Gasteiger partial charge in [0.25, 0.3) is 0 Å². The van der Waals surface area contributed by atoms with Crippen LogP contribution in [-0.2, 0) is 0 Å². The maximum absolute atomic E-state index is 5.53. The molecular formula is C21H16N2O. The molecule has 24 heavy (non-hydrogen) atoms. The van der Waals surface area contributed by atoms with Gasteiger partial charge in [-0.1, -0.05) is 60.2 Å². The number of nitrogens with zero attached hydrogens (tertiary/aromatic N) is 2. The third-order valence-corrected chi connectivity index (χ3v) is 3.88. The van der Waals surface area contributed by atoms with Crippen molar-refractivity contribution < 1.29 is 4.42 Å². The Morgan fingerprint density at radius 1 is 0.708 bits per heavy atom. The molecule has 0 aliphatic carbocycles. The van der Waals surface area contributed by atoms with Crippen molar-refractivity contribution in [2.45, 2.75) is 6.92 Å². The van der Waals surface area contributed by atoms with Crippen molar-refractivity contribution in [1.82, 2.24) is 9.97 Å². The van der Waals surface area contributed by atoms with E-state index in [0.29, 0.717) is 5.82 Å². The van der Waals surface area contributed by atoms with Crippen molar-refractivity contribution in [2.75, 3.05) is 0 Å². The number of rotatable bonds is 3. The zero-order chi connectivity index (χ0) is 16.4. The average molecular weight is 312 g/mol. The molecule has 0 N–H and O–H groups in total. The summed E-state index contributed by atoms with van der Waals surface area (Å²) >= 11 is 0. The highest BCUT2D eigenvalue weighted by Crippen LogP contribution is 2.27. The van der Waals surface area contributed by atoms with E-state index in [1.165, 1.54) is 5.56 Å². The summed E-state index contributed by atoms with van der Waals surface area (Å²) in [6.45, 7) is 2.08. The molecule has 0 aliphatic rings. The van der Waals surface area contributed by atoms with Gasteiger partial charge in [-0.3, -0.25) is 0 Å². The fourth-order valence-electron chi connectivity index (χ4n) is 2.59. The molecule has 0 unspecified atom stereocenters. The highest BCUT2D eigenvalue weighted by Gasteiger charge is 2.11. The summed E-state index contributed by atoms with van der Waals surface area (Å²) in [6.07, 6.45) is 1.66. The third kappa shape index (κ3) is 2.84. The Morgan fingerprint density at radius 2 is 1.46 bits per heavy atom. The van der Waals surface area contributed by atoms with Gasteiger partial charge in [-0.05, 0) is 25.1 Å². The highest BCUT2D eigenvalue weighted by atomic mass is 16.3. The third-order valence-electron chi connectivity index (χ3n) is 3.88. The molecule has 0 amide bonds. The molecule has 0 spiro atoms. The first kappa shape index (κ1) is 14.4. The molecule has 0 aliphatic heterocycles. The minimum atomic E-state index is 0.695. The molecule has 0 fully saturated rings. The molecule has 0 saturated heterocycles. The maximum Gasteiger partial charge on any atom is 0.160 e. The Labute approximate surface area is 140 Å². The molecule has 116 valence electrons. The summed E-state index contributed by atoms with van der Waals surface area (Å²) in [6, 6.07) is 24.1. The van der Waals surface area contributed by atoms with Crippen LogP contribution in [0.5, 0.6) is 0 Å². The van der Waals surface area contributed by atoms with Gasteiger partial charge in [-0.2, -0.15) is 0 Å². The van der Waals surface area contributed by atoms with E-state index >= 15 is 0 Å². The quantitative estimate of drug-likeness (QED) is 0.510. The first-order valence-corrected chi connectivity index (χ1v) is 7.85. The van der Waals surface area contributed by atoms with Gasteiger partial charge >= 0.3 is 0 Å². The van der Waals surface area contributed by atoms with E-state index in [4.69, 9.17) is 9.40 Å². The van der Waals surface area contributed by atoms with Crippen molar-refractivity contribution in [2.24, 2.45) is 0 Å². The monoisotopic (exact) mass is 312 g/mol. The predicted octanol–water partition coefficient (Wildman–Crippen LogP) is 5.38. The van der Waals surface area contributed by atoms with Gasteiger partial charge in [0.2, 0.25) is 0 Å². The van der Waals surface area contributed by atoms with Crippen LogP contribution in [0.25, 0.3) is 34.1 Å². The standard InChI is InChI=1S/C21H16N2O/c1-15-9-11-16(12-10-15)18-14-19(20-8-5-13-24-20)23-21(22-18)17-6-3-2-4-7-17/h2-14H,1H3. The van der Waals surface area contributed by atoms with Gasteiger partial charge in [-0.25, -0.2) is 9.97 Å². The van der Waals surface area contributed by atoms with Crippen LogP contribution >= 0.6 is 0 Å². The van der Waals surface area contributed by atoms with Crippen LogP contribution in [0.2, 0.25) is 0 Å². The Morgan fingerprint density at radius 3 is 2.17 bits per heavy atom. The normalized spacial score (nSPS) is 10.7. The van der Waals surface area contributed by atoms with Crippen molar-refractivity contribution in [3.8, 4) is 34.1 Å². The molecule has 2 aromatic carbocycles. The second-order valence-corrected chi connectivity index (χ2v) is 5.67.